The summed E-state index contributed by atoms with van der Waals surface area (Å²) in [5, 5.41) is 3.05. The van der Waals surface area contributed by atoms with E-state index < -0.39 is 0 Å². The minimum atomic E-state index is 0.0833. The molecule has 1 fully saturated rings. The molecule has 3 nitrogen and oxygen atoms in total. The number of carbonyl (C=O) groups excluding carboxylic acids is 1. The lowest BCUT2D eigenvalue weighted by Crippen LogP contribution is -2.44. The van der Waals surface area contributed by atoms with E-state index in [2.05, 4.69) is 17.4 Å². The van der Waals surface area contributed by atoms with Crippen molar-refractivity contribution in [2.75, 3.05) is 6.54 Å². The fourth-order valence-corrected chi connectivity index (χ4v) is 2.81. The summed E-state index contributed by atoms with van der Waals surface area (Å²) in [4.78, 5) is 12.0. The lowest BCUT2D eigenvalue weighted by Gasteiger charge is -2.34. The van der Waals surface area contributed by atoms with Crippen molar-refractivity contribution in [1.82, 2.24) is 5.32 Å². The number of benzene rings is 1. The molecule has 2 aliphatic carbocycles. The summed E-state index contributed by atoms with van der Waals surface area (Å²) in [6.07, 6.45) is 3.01. The highest BCUT2D eigenvalue weighted by molar-refractivity contribution is 5.86. The van der Waals surface area contributed by atoms with Gasteiger partial charge >= 0.3 is 0 Å². The fourth-order valence-electron chi connectivity index (χ4n) is 2.81. The zero-order chi connectivity index (χ0) is 11.8. The highest BCUT2D eigenvalue weighted by atomic mass is 16.1. The predicted octanol–water partition coefficient (Wildman–Crippen LogP) is 1.18. The van der Waals surface area contributed by atoms with E-state index in [4.69, 9.17) is 5.73 Å². The van der Waals surface area contributed by atoms with Crippen molar-refractivity contribution < 1.29 is 4.79 Å². The highest BCUT2D eigenvalue weighted by Gasteiger charge is 2.32. The molecule has 0 saturated heterocycles. The Hall–Kier alpha value is -1.35. The molecule has 0 spiro atoms. The minimum absolute atomic E-state index is 0.0833. The van der Waals surface area contributed by atoms with Crippen LogP contribution in [0, 0.1) is 5.92 Å². The van der Waals surface area contributed by atoms with Gasteiger partial charge in [0.1, 0.15) is 0 Å². The van der Waals surface area contributed by atoms with E-state index in [0.29, 0.717) is 12.0 Å². The zero-order valence-electron chi connectivity index (χ0n) is 9.86. The quantitative estimate of drug-likeness (QED) is 0.819. The number of hydrogen-bond donors (Lipinski definition) is 2. The molecule has 17 heavy (non-hydrogen) atoms. The number of hydrogen-bond acceptors (Lipinski definition) is 2. The average molecular weight is 230 g/mol. The monoisotopic (exact) mass is 230 g/mol. The highest BCUT2D eigenvalue weighted by Crippen LogP contribution is 2.35. The van der Waals surface area contributed by atoms with Crippen molar-refractivity contribution in [2.24, 2.45) is 11.7 Å². The SMILES string of the molecule is NC1CC(CNC(=O)C2Cc3ccccc32)C1. The molecule has 1 unspecified atom stereocenters. The number of rotatable bonds is 3. The van der Waals surface area contributed by atoms with E-state index in [1.165, 1.54) is 11.1 Å². The Bertz CT molecular complexity index is 438. The first-order chi connectivity index (χ1) is 8.24. The first-order valence-corrected chi connectivity index (χ1v) is 6.35. The summed E-state index contributed by atoms with van der Waals surface area (Å²) in [5.41, 5.74) is 8.24. The third kappa shape index (κ3) is 1.95. The Morgan fingerprint density at radius 1 is 1.35 bits per heavy atom. The van der Waals surface area contributed by atoms with Gasteiger partial charge in [-0.15, -0.1) is 0 Å². The topological polar surface area (TPSA) is 55.1 Å². The third-order valence-corrected chi connectivity index (χ3v) is 4.01. The number of carbonyl (C=O) groups is 1. The zero-order valence-corrected chi connectivity index (χ0v) is 9.86. The fraction of sp³-hybridized carbons (Fsp3) is 0.500. The molecule has 2 aliphatic rings. The Labute approximate surface area is 101 Å². The van der Waals surface area contributed by atoms with Crippen LogP contribution in [0.1, 0.15) is 29.9 Å². The van der Waals surface area contributed by atoms with E-state index in [9.17, 15) is 4.79 Å². The van der Waals surface area contributed by atoms with Crippen LogP contribution in [0.25, 0.3) is 0 Å². The van der Waals surface area contributed by atoms with Crippen LogP contribution in [0.4, 0.5) is 0 Å². The summed E-state index contributed by atoms with van der Waals surface area (Å²) in [6, 6.07) is 8.56. The van der Waals surface area contributed by atoms with Crippen molar-refractivity contribution >= 4 is 5.91 Å². The summed E-state index contributed by atoms with van der Waals surface area (Å²) < 4.78 is 0. The molecule has 3 heteroatoms. The van der Waals surface area contributed by atoms with E-state index in [1.807, 2.05) is 12.1 Å². The average Bonchev–Trinajstić information content (AvgIpc) is 2.24. The van der Waals surface area contributed by atoms with E-state index in [1.54, 1.807) is 0 Å². The van der Waals surface area contributed by atoms with Crippen molar-refractivity contribution in [1.29, 1.82) is 0 Å². The molecule has 0 bridgehead atoms. The summed E-state index contributed by atoms with van der Waals surface area (Å²) in [5.74, 6) is 0.869. The van der Waals surface area contributed by atoms with Gasteiger partial charge in [0.05, 0.1) is 5.92 Å². The molecule has 1 amide bonds. The van der Waals surface area contributed by atoms with Gasteiger partial charge in [-0.1, -0.05) is 24.3 Å². The molecule has 0 aromatic heterocycles. The van der Waals surface area contributed by atoms with E-state index in [0.717, 1.165) is 25.8 Å². The predicted molar refractivity (Wildman–Crippen MR) is 66.6 cm³/mol. The number of nitrogens with two attached hydrogens (primary N) is 1. The Morgan fingerprint density at radius 2 is 2.12 bits per heavy atom. The molecule has 90 valence electrons. The Kier molecular flexibility index (Phi) is 2.63. The summed E-state index contributed by atoms with van der Waals surface area (Å²) in [6.45, 7) is 0.797. The van der Waals surface area contributed by atoms with Gasteiger partial charge < -0.3 is 11.1 Å². The lowest BCUT2D eigenvalue weighted by molar-refractivity contribution is -0.123. The van der Waals surface area contributed by atoms with Gasteiger partial charge in [-0.25, -0.2) is 0 Å². The van der Waals surface area contributed by atoms with Crippen LogP contribution in [-0.4, -0.2) is 18.5 Å². The van der Waals surface area contributed by atoms with Crippen LogP contribution in [-0.2, 0) is 11.2 Å². The van der Waals surface area contributed by atoms with Gasteiger partial charge in [0.15, 0.2) is 0 Å². The van der Waals surface area contributed by atoms with Crippen LogP contribution < -0.4 is 11.1 Å². The standard InChI is InChI=1S/C14H18N2O/c15-11-5-9(6-11)8-16-14(17)13-7-10-3-1-2-4-12(10)13/h1-4,9,11,13H,5-8,15H2,(H,16,17). The molecule has 0 radical (unpaired) electrons. The third-order valence-electron chi connectivity index (χ3n) is 4.01. The van der Waals surface area contributed by atoms with Gasteiger partial charge in [-0.2, -0.15) is 0 Å². The summed E-state index contributed by atoms with van der Waals surface area (Å²) >= 11 is 0. The van der Waals surface area contributed by atoms with E-state index >= 15 is 0 Å². The second-order valence-corrected chi connectivity index (χ2v) is 5.30. The van der Waals surface area contributed by atoms with Crippen molar-refractivity contribution in [3.05, 3.63) is 35.4 Å². The van der Waals surface area contributed by atoms with Crippen LogP contribution in [0.5, 0.6) is 0 Å². The minimum Gasteiger partial charge on any atom is -0.355 e. The largest absolute Gasteiger partial charge is 0.355 e. The molecule has 3 N–H and O–H groups in total. The first kappa shape index (κ1) is 10.8. The maximum Gasteiger partial charge on any atom is 0.227 e. The van der Waals surface area contributed by atoms with Crippen molar-refractivity contribution in [3.63, 3.8) is 0 Å². The molecule has 0 aliphatic heterocycles. The molecule has 1 aromatic carbocycles. The normalized spacial score (nSPS) is 29.8. The van der Waals surface area contributed by atoms with Crippen LogP contribution in [0.2, 0.25) is 0 Å². The molecule has 1 atom stereocenters. The molecule has 3 rings (SSSR count). The number of nitrogens with one attached hydrogen (secondary N) is 1. The van der Waals surface area contributed by atoms with Crippen molar-refractivity contribution in [3.8, 4) is 0 Å². The molecule has 1 saturated carbocycles. The van der Waals surface area contributed by atoms with Crippen LogP contribution >= 0.6 is 0 Å². The number of amides is 1. The summed E-state index contributed by atoms with van der Waals surface area (Å²) in [7, 11) is 0. The van der Waals surface area contributed by atoms with Gasteiger partial charge in [0.25, 0.3) is 0 Å². The molecule has 0 heterocycles. The maximum atomic E-state index is 12.0. The lowest BCUT2D eigenvalue weighted by atomic mass is 9.76. The van der Waals surface area contributed by atoms with Gasteiger partial charge in [0, 0.05) is 12.6 Å². The Morgan fingerprint density at radius 3 is 2.82 bits per heavy atom. The van der Waals surface area contributed by atoms with Crippen molar-refractivity contribution in [2.45, 2.75) is 31.2 Å². The van der Waals surface area contributed by atoms with Crippen LogP contribution in [0.15, 0.2) is 24.3 Å². The Balaban J connectivity index is 1.52. The molecule has 1 aromatic rings. The molecular weight excluding hydrogens is 212 g/mol. The van der Waals surface area contributed by atoms with Gasteiger partial charge in [-0.05, 0) is 36.3 Å². The molecular formula is C14H18N2O. The first-order valence-electron chi connectivity index (χ1n) is 6.35. The smallest absolute Gasteiger partial charge is 0.227 e. The number of fused-ring (bicyclic) bond motifs is 1. The maximum absolute atomic E-state index is 12.0. The van der Waals surface area contributed by atoms with Gasteiger partial charge in [0.2, 0.25) is 5.91 Å². The van der Waals surface area contributed by atoms with Crippen LogP contribution in [0.3, 0.4) is 0 Å². The van der Waals surface area contributed by atoms with E-state index in [-0.39, 0.29) is 11.8 Å². The second-order valence-electron chi connectivity index (χ2n) is 5.30. The second kappa shape index (κ2) is 4.15. The van der Waals surface area contributed by atoms with Gasteiger partial charge in [-0.3, -0.25) is 4.79 Å².